The van der Waals surface area contributed by atoms with Crippen LogP contribution in [0.15, 0.2) is 42.5 Å². The monoisotopic (exact) mass is 302 g/mol. The van der Waals surface area contributed by atoms with Crippen LogP contribution in [-0.2, 0) is 14.3 Å². The van der Waals surface area contributed by atoms with Crippen LogP contribution in [0.4, 0.5) is 0 Å². The molecule has 0 aliphatic carbocycles. The molecule has 1 atom stereocenters. The van der Waals surface area contributed by atoms with Gasteiger partial charge in [-0.05, 0) is 16.3 Å². The van der Waals surface area contributed by atoms with Crippen molar-refractivity contribution < 1.29 is 18.8 Å². The Labute approximate surface area is 131 Å². The molecule has 0 saturated carbocycles. The molecule has 2 aromatic carbocycles. The number of likely N-dealkylation sites (N-methyl/N-ethyl adjacent to an activating group) is 1. The van der Waals surface area contributed by atoms with E-state index in [0.717, 1.165) is 27.4 Å². The average molecular weight is 302 g/mol. The number of esters is 1. The molecule has 0 heterocycles. The van der Waals surface area contributed by atoms with Gasteiger partial charge in [0.1, 0.15) is 6.54 Å². The van der Waals surface area contributed by atoms with Gasteiger partial charge < -0.3 is 14.0 Å². The standard InChI is InChI=1S/C18H24NO3/c1-19(2,3)12-13-22-17(18(20)21-4)16-11-7-9-14-8-5-6-10-15(14)16/h5-11,17H,12-13H2,1-4H3/q+1. The molecule has 0 saturated heterocycles. The Balaban J connectivity index is 2.30. The first-order valence-electron chi connectivity index (χ1n) is 7.40. The number of fused-ring (bicyclic) bond motifs is 1. The summed E-state index contributed by atoms with van der Waals surface area (Å²) in [6.45, 7) is 1.31. The lowest BCUT2D eigenvalue weighted by atomic mass is 10.0. The molecule has 0 bridgehead atoms. The average Bonchev–Trinajstić information content (AvgIpc) is 2.49. The van der Waals surface area contributed by atoms with Crippen molar-refractivity contribution in [1.82, 2.24) is 0 Å². The van der Waals surface area contributed by atoms with Gasteiger partial charge in [0.05, 0.1) is 34.9 Å². The summed E-state index contributed by atoms with van der Waals surface area (Å²) in [6, 6.07) is 13.9. The van der Waals surface area contributed by atoms with Crippen LogP contribution in [0.2, 0.25) is 0 Å². The highest BCUT2D eigenvalue weighted by Crippen LogP contribution is 2.27. The molecule has 0 spiro atoms. The highest BCUT2D eigenvalue weighted by atomic mass is 16.6. The first-order chi connectivity index (χ1) is 10.4. The molecule has 0 aromatic heterocycles. The van der Waals surface area contributed by atoms with Gasteiger partial charge in [-0.25, -0.2) is 4.79 Å². The third kappa shape index (κ3) is 4.06. The third-order valence-electron chi connectivity index (χ3n) is 3.57. The van der Waals surface area contributed by atoms with E-state index in [1.165, 1.54) is 7.11 Å². The Bertz CT molecular complexity index is 641. The number of hydrogen-bond acceptors (Lipinski definition) is 3. The minimum Gasteiger partial charge on any atom is -0.467 e. The number of benzene rings is 2. The van der Waals surface area contributed by atoms with Gasteiger partial charge in [-0.3, -0.25) is 0 Å². The van der Waals surface area contributed by atoms with Crippen LogP contribution in [-0.4, -0.2) is 51.9 Å². The van der Waals surface area contributed by atoms with Crippen LogP contribution < -0.4 is 0 Å². The number of methoxy groups -OCH3 is 1. The number of quaternary nitrogens is 1. The smallest absolute Gasteiger partial charge is 0.339 e. The van der Waals surface area contributed by atoms with E-state index in [4.69, 9.17) is 9.47 Å². The first kappa shape index (κ1) is 16.5. The summed E-state index contributed by atoms with van der Waals surface area (Å²) in [7, 11) is 7.67. The molecule has 1 unspecified atom stereocenters. The minimum absolute atomic E-state index is 0.363. The summed E-state index contributed by atoms with van der Waals surface area (Å²) in [5, 5.41) is 2.11. The molecule has 0 aliphatic rings. The van der Waals surface area contributed by atoms with E-state index in [0.29, 0.717) is 6.61 Å². The molecule has 2 rings (SSSR count). The molecule has 0 N–H and O–H groups in total. The third-order valence-corrected chi connectivity index (χ3v) is 3.57. The molecule has 2 aromatic rings. The number of ether oxygens (including phenoxy) is 2. The van der Waals surface area contributed by atoms with Crippen molar-refractivity contribution in [2.24, 2.45) is 0 Å². The van der Waals surface area contributed by atoms with Crippen molar-refractivity contribution in [2.75, 3.05) is 41.4 Å². The van der Waals surface area contributed by atoms with Crippen molar-refractivity contribution in [3.8, 4) is 0 Å². The summed E-state index contributed by atoms with van der Waals surface area (Å²) < 4.78 is 11.6. The Morgan fingerprint density at radius 1 is 1.09 bits per heavy atom. The van der Waals surface area contributed by atoms with Crippen molar-refractivity contribution in [1.29, 1.82) is 0 Å². The molecule has 0 amide bonds. The normalized spacial score (nSPS) is 13.1. The molecular formula is C18H24NO3+. The SMILES string of the molecule is COC(=O)C(OCC[N+](C)(C)C)c1cccc2ccccc12. The predicted molar refractivity (Wildman–Crippen MR) is 87.6 cm³/mol. The molecule has 0 radical (unpaired) electrons. The lowest BCUT2D eigenvalue weighted by molar-refractivity contribution is -0.870. The second-order valence-electron chi connectivity index (χ2n) is 6.36. The minimum atomic E-state index is -0.692. The fraction of sp³-hybridized carbons (Fsp3) is 0.389. The fourth-order valence-corrected chi connectivity index (χ4v) is 2.32. The largest absolute Gasteiger partial charge is 0.467 e. The number of rotatable bonds is 6. The molecule has 0 aliphatic heterocycles. The fourth-order valence-electron chi connectivity index (χ4n) is 2.32. The van der Waals surface area contributed by atoms with Gasteiger partial charge in [0.2, 0.25) is 0 Å². The van der Waals surface area contributed by atoms with E-state index in [-0.39, 0.29) is 5.97 Å². The van der Waals surface area contributed by atoms with Gasteiger partial charge >= 0.3 is 5.97 Å². The van der Waals surface area contributed by atoms with Gasteiger partial charge in [-0.15, -0.1) is 0 Å². The van der Waals surface area contributed by atoms with E-state index in [1.807, 2.05) is 42.5 Å². The molecule has 118 valence electrons. The van der Waals surface area contributed by atoms with Crippen molar-refractivity contribution in [2.45, 2.75) is 6.10 Å². The summed E-state index contributed by atoms with van der Waals surface area (Å²) in [6.07, 6.45) is -0.692. The highest BCUT2D eigenvalue weighted by Gasteiger charge is 2.24. The maximum atomic E-state index is 12.2. The Hall–Kier alpha value is -1.91. The summed E-state index contributed by atoms with van der Waals surface area (Å²) in [4.78, 5) is 12.2. The Kier molecular flexibility index (Phi) is 5.16. The van der Waals surface area contributed by atoms with Crippen LogP contribution in [0.5, 0.6) is 0 Å². The van der Waals surface area contributed by atoms with Gasteiger partial charge in [-0.1, -0.05) is 42.5 Å². The second kappa shape index (κ2) is 6.90. The van der Waals surface area contributed by atoms with E-state index < -0.39 is 6.10 Å². The van der Waals surface area contributed by atoms with E-state index in [1.54, 1.807) is 0 Å². The second-order valence-corrected chi connectivity index (χ2v) is 6.36. The van der Waals surface area contributed by atoms with Crippen LogP contribution in [0.25, 0.3) is 10.8 Å². The molecular weight excluding hydrogens is 278 g/mol. The first-order valence-corrected chi connectivity index (χ1v) is 7.40. The van der Waals surface area contributed by atoms with E-state index >= 15 is 0 Å². The number of carbonyl (C=O) groups is 1. The molecule has 22 heavy (non-hydrogen) atoms. The van der Waals surface area contributed by atoms with Crippen molar-refractivity contribution >= 4 is 16.7 Å². The summed E-state index contributed by atoms with van der Waals surface area (Å²) >= 11 is 0. The zero-order chi connectivity index (χ0) is 16.2. The maximum Gasteiger partial charge on any atom is 0.339 e. The van der Waals surface area contributed by atoms with Crippen LogP contribution >= 0.6 is 0 Å². The zero-order valence-electron chi connectivity index (χ0n) is 13.7. The Morgan fingerprint density at radius 2 is 1.77 bits per heavy atom. The topological polar surface area (TPSA) is 35.5 Å². The molecule has 4 heteroatoms. The number of hydrogen-bond donors (Lipinski definition) is 0. The van der Waals surface area contributed by atoms with Crippen LogP contribution in [0.3, 0.4) is 0 Å². The zero-order valence-corrected chi connectivity index (χ0v) is 13.7. The highest BCUT2D eigenvalue weighted by molar-refractivity contribution is 5.90. The van der Waals surface area contributed by atoms with Crippen LogP contribution in [0, 0.1) is 0 Å². The molecule has 4 nitrogen and oxygen atoms in total. The molecule has 0 fully saturated rings. The number of carbonyl (C=O) groups excluding carboxylic acids is 1. The van der Waals surface area contributed by atoms with Gasteiger partial charge in [0.15, 0.2) is 6.10 Å². The van der Waals surface area contributed by atoms with Crippen molar-refractivity contribution in [3.63, 3.8) is 0 Å². The van der Waals surface area contributed by atoms with E-state index in [2.05, 4.69) is 21.1 Å². The Morgan fingerprint density at radius 3 is 2.45 bits per heavy atom. The van der Waals surface area contributed by atoms with Gasteiger partial charge in [0, 0.05) is 0 Å². The van der Waals surface area contributed by atoms with E-state index in [9.17, 15) is 4.79 Å². The summed E-state index contributed by atoms with van der Waals surface area (Å²) in [5.41, 5.74) is 0.853. The lowest BCUT2D eigenvalue weighted by Gasteiger charge is -2.25. The van der Waals surface area contributed by atoms with Gasteiger partial charge in [-0.2, -0.15) is 0 Å². The number of nitrogens with zero attached hydrogens (tertiary/aromatic N) is 1. The van der Waals surface area contributed by atoms with Crippen molar-refractivity contribution in [3.05, 3.63) is 48.0 Å². The lowest BCUT2D eigenvalue weighted by Crippen LogP contribution is -2.38. The quantitative estimate of drug-likeness (QED) is 0.608. The maximum absolute atomic E-state index is 12.2. The summed E-state index contributed by atoms with van der Waals surface area (Å²) in [5.74, 6) is -0.363. The van der Waals surface area contributed by atoms with Gasteiger partial charge in [0.25, 0.3) is 0 Å². The van der Waals surface area contributed by atoms with Crippen LogP contribution in [0.1, 0.15) is 11.7 Å². The predicted octanol–water partition coefficient (Wildman–Crippen LogP) is 2.78.